The van der Waals surface area contributed by atoms with E-state index in [2.05, 4.69) is 15.9 Å². The van der Waals surface area contributed by atoms with Gasteiger partial charge in [-0.2, -0.15) is 0 Å². The predicted octanol–water partition coefficient (Wildman–Crippen LogP) is 4.35. The summed E-state index contributed by atoms with van der Waals surface area (Å²) in [6, 6.07) is 10.4. The van der Waals surface area contributed by atoms with E-state index in [0.29, 0.717) is 0 Å². The maximum Gasteiger partial charge on any atom is 0.337 e. The Balaban J connectivity index is 0.000000240. The highest BCUT2D eigenvalue weighted by molar-refractivity contribution is 9.10. The Morgan fingerprint density at radius 2 is 1.75 bits per heavy atom. The lowest BCUT2D eigenvalue weighted by Crippen LogP contribution is -2.06. The molecule has 0 aromatic heterocycles. The van der Waals surface area contributed by atoms with E-state index >= 15 is 0 Å². The fraction of sp³-hybridized carbons (Fsp3) is 0. The zero-order chi connectivity index (χ0) is 15.3. The number of rotatable bonds is 1. The number of benzene rings is 2. The molecule has 0 aliphatic heterocycles. The van der Waals surface area contributed by atoms with Crippen molar-refractivity contribution in [2.75, 3.05) is 5.73 Å². The molecule has 0 bridgehead atoms. The van der Waals surface area contributed by atoms with E-state index in [1.54, 1.807) is 0 Å². The van der Waals surface area contributed by atoms with Crippen LogP contribution in [-0.4, -0.2) is 11.1 Å². The number of aromatic carboxylic acids is 1. The van der Waals surface area contributed by atoms with E-state index in [-0.39, 0.29) is 4.47 Å². The highest BCUT2D eigenvalue weighted by atomic mass is 79.9. The number of carbonyl (C=O) groups is 1. The molecular weight excluding hydrogens is 356 g/mol. The molecule has 0 spiro atoms. The first-order chi connectivity index (χ1) is 9.34. The van der Waals surface area contributed by atoms with Gasteiger partial charge < -0.3 is 10.8 Å². The number of carboxylic acid groups (broad SMARTS) is 1. The van der Waals surface area contributed by atoms with E-state index in [9.17, 15) is 13.6 Å². The van der Waals surface area contributed by atoms with Gasteiger partial charge in [0.1, 0.15) is 0 Å². The van der Waals surface area contributed by atoms with Crippen molar-refractivity contribution in [1.29, 1.82) is 0 Å². The topological polar surface area (TPSA) is 63.3 Å². The lowest BCUT2D eigenvalue weighted by atomic mass is 10.1. The molecule has 2 aromatic carbocycles. The van der Waals surface area contributed by atoms with Gasteiger partial charge in [0.15, 0.2) is 11.6 Å². The number of anilines is 1. The molecule has 3 N–H and O–H groups in total. The third kappa shape index (κ3) is 4.18. The summed E-state index contributed by atoms with van der Waals surface area (Å²) < 4.78 is 25.3. The van der Waals surface area contributed by atoms with E-state index < -0.39 is 28.9 Å². The zero-order valence-electron chi connectivity index (χ0n) is 9.91. The molecule has 7 heteroatoms. The summed E-state index contributed by atoms with van der Waals surface area (Å²) in [6.07, 6.45) is 0. The highest BCUT2D eigenvalue weighted by Gasteiger charge is 2.18. The Labute approximate surface area is 127 Å². The summed E-state index contributed by atoms with van der Waals surface area (Å²) >= 11 is 8.21. The SMILES string of the molecule is Clc1ccccc1.Nc1c(C(=O)O)cc(Br)c(F)c1F. The molecule has 20 heavy (non-hydrogen) atoms. The molecule has 0 fully saturated rings. The monoisotopic (exact) mass is 363 g/mol. The molecule has 0 atom stereocenters. The Bertz CT molecular complexity index is 624. The van der Waals surface area contributed by atoms with E-state index in [4.69, 9.17) is 22.4 Å². The minimum Gasteiger partial charge on any atom is -0.478 e. The van der Waals surface area contributed by atoms with Gasteiger partial charge in [0.2, 0.25) is 0 Å². The van der Waals surface area contributed by atoms with Crippen LogP contribution in [0.2, 0.25) is 5.02 Å². The van der Waals surface area contributed by atoms with Gasteiger partial charge in [-0.25, -0.2) is 13.6 Å². The van der Waals surface area contributed by atoms with Crippen LogP contribution in [0.4, 0.5) is 14.5 Å². The van der Waals surface area contributed by atoms with Gasteiger partial charge in [-0.1, -0.05) is 29.8 Å². The standard InChI is InChI=1S/C7H4BrF2NO2.C6H5Cl/c8-3-1-2(7(12)13)6(11)5(10)4(3)9;7-6-4-2-1-3-5-6/h1H,11H2,(H,12,13);1-5H. The molecule has 2 rings (SSSR count). The summed E-state index contributed by atoms with van der Waals surface area (Å²) in [7, 11) is 0. The van der Waals surface area contributed by atoms with Gasteiger partial charge in [-0.05, 0) is 34.1 Å². The van der Waals surface area contributed by atoms with Gasteiger partial charge >= 0.3 is 5.97 Å². The molecule has 106 valence electrons. The quantitative estimate of drug-likeness (QED) is 0.584. The number of halogens is 4. The summed E-state index contributed by atoms with van der Waals surface area (Å²) in [6.45, 7) is 0. The highest BCUT2D eigenvalue weighted by Crippen LogP contribution is 2.26. The van der Waals surface area contributed by atoms with Crippen molar-refractivity contribution in [2.45, 2.75) is 0 Å². The fourth-order valence-corrected chi connectivity index (χ4v) is 1.75. The first kappa shape index (κ1) is 16.4. The van der Waals surface area contributed by atoms with Crippen molar-refractivity contribution >= 4 is 39.2 Å². The molecule has 0 saturated heterocycles. The number of nitrogens with two attached hydrogens (primary N) is 1. The molecule has 0 amide bonds. The van der Waals surface area contributed by atoms with Crippen LogP contribution in [0, 0.1) is 11.6 Å². The van der Waals surface area contributed by atoms with Gasteiger partial charge in [-0.3, -0.25) is 0 Å². The van der Waals surface area contributed by atoms with Crippen molar-refractivity contribution in [1.82, 2.24) is 0 Å². The van der Waals surface area contributed by atoms with Crippen LogP contribution in [0.5, 0.6) is 0 Å². The molecule has 0 aliphatic carbocycles. The largest absolute Gasteiger partial charge is 0.478 e. The number of hydrogen-bond acceptors (Lipinski definition) is 2. The number of nitrogen functional groups attached to an aromatic ring is 1. The summed E-state index contributed by atoms with van der Waals surface area (Å²) in [5.74, 6) is -3.95. The van der Waals surface area contributed by atoms with E-state index in [0.717, 1.165) is 11.1 Å². The normalized spacial score (nSPS) is 9.60. The third-order valence-corrected chi connectivity index (χ3v) is 2.99. The fourth-order valence-electron chi connectivity index (χ4n) is 1.20. The maximum atomic E-state index is 12.8. The van der Waals surface area contributed by atoms with Crippen molar-refractivity contribution < 1.29 is 18.7 Å². The molecule has 2 aromatic rings. The van der Waals surface area contributed by atoms with Crippen LogP contribution in [-0.2, 0) is 0 Å². The average Bonchev–Trinajstić information content (AvgIpc) is 2.42. The van der Waals surface area contributed by atoms with Crippen LogP contribution < -0.4 is 5.73 Å². The Hall–Kier alpha value is -1.66. The van der Waals surface area contributed by atoms with Crippen molar-refractivity contribution in [3.05, 3.63) is 63.1 Å². The smallest absolute Gasteiger partial charge is 0.337 e. The van der Waals surface area contributed by atoms with Crippen LogP contribution in [0.25, 0.3) is 0 Å². The zero-order valence-corrected chi connectivity index (χ0v) is 12.3. The Morgan fingerprint density at radius 3 is 2.15 bits per heavy atom. The van der Waals surface area contributed by atoms with Crippen LogP contribution >= 0.6 is 27.5 Å². The number of hydrogen-bond donors (Lipinski definition) is 2. The van der Waals surface area contributed by atoms with E-state index in [1.807, 2.05) is 30.3 Å². The van der Waals surface area contributed by atoms with Crippen LogP contribution in [0.1, 0.15) is 10.4 Å². The second kappa shape index (κ2) is 7.21. The Kier molecular flexibility index (Phi) is 5.91. The Morgan fingerprint density at radius 1 is 1.20 bits per heavy atom. The van der Waals surface area contributed by atoms with Crippen molar-refractivity contribution in [2.24, 2.45) is 0 Å². The molecule has 0 unspecified atom stereocenters. The van der Waals surface area contributed by atoms with Crippen LogP contribution in [0.15, 0.2) is 40.9 Å². The second-order valence-electron chi connectivity index (χ2n) is 3.55. The lowest BCUT2D eigenvalue weighted by Gasteiger charge is -2.04. The predicted molar refractivity (Wildman–Crippen MR) is 76.9 cm³/mol. The maximum absolute atomic E-state index is 12.8. The minimum atomic E-state index is -1.41. The van der Waals surface area contributed by atoms with Crippen molar-refractivity contribution in [3.8, 4) is 0 Å². The minimum absolute atomic E-state index is 0.267. The van der Waals surface area contributed by atoms with Gasteiger partial charge in [-0.15, -0.1) is 0 Å². The lowest BCUT2D eigenvalue weighted by molar-refractivity contribution is 0.0697. The number of carboxylic acids is 1. The summed E-state index contributed by atoms with van der Waals surface area (Å²) in [4.78, 5) is 10.4. The summed E-state index contributed by atoms with van der Waals surface area (Å²) in [5, 5.41) is 9.31. The molecule has 0 saturated carbocycles. The van der Waals surface area contributed by atoms with E-state index in [1.165, 1.54) is 0 Å². The van der Waals surface area contributed by atoms with Gasteiger partial charge in [0.05, 0.1) is 15.7 Å². The van der Waals surface area contributed by atoms with Crippen molar-refractivity contribution in [3.63, 3.8) is 0 Å². The first-order valence-corrected chi connectivity index (χ1v) is 6.38. The van der Waals surface area contributed by atoms with Gasteiger partial charge in [0.25, 0.3) is 0 Å². The molecule has 0 aliphatic rings. The first-order valence-electron chi connectivity index (χ1n) is 5.21. The molecule has 0 heterocycles. The molecular formula is C13H9BrClF2NO2. The second-order valence-corrected chi connectivity index (χ2v) is 4.84. The third-order valence-electron chi connectivity index (χ3n) is 2.16. The van der Waals surface area contributed by atoms with Crippen LogP contribution in [0.3, 0.4) is 0 Å². The van der Waals surface area contributed by atoms with Gasteiger partial charge in [0, 0.05) is 5.02 Å². The molecule has 3 nitrogen and oxygen atoms in total. The molecule has 0 radical (unpaired) electrons. The summed E-state index contributed by atoms with van der Waals surface area (Å²) in [5.41, 5.74) is 3.87. The average molecular weight is 365 g/mol.